The molecule has 144 valence electrons. The van der Waals surface area contributed by atoms with Crippen molar-refractivity contribution >= 4 is 21.6 Å². The molecule has 0 aromatic heterocycles. The highest BCUT2D eigenvalue weighted by molar-refractivity contribution is 7.89. The first-order valence-electron chi connectivity index (χ1n) is 9.28. The number of nitrogens with zero attached hydrogens (tertiary/aromatic N) is 1. The van der Waals surface area contributed by atoms with Crippen LogP contribution in [0.3, 0.4) is 0 Å². The second kappa shape index (κ2) is 7.82. The number of anilines is 1. The maximum absolute atomic E-state index is 13.0. The molecule has 1 aliphatic rings. The van der Waals surface area contributed by atoms with Gasteiger partial charge in [-0.15, -0.1) is 0 Å². The molecule has 1 fully saturated rings. The molecule has 0 saturated carbocycles. The van der Waals surface area contributed by atoms with Crippen molar-refractivity contribution in [3.8, 4) is 0 Å². The van der Waals surface area contributed by atoms with Gasteiger partial charge in [-0.25, -0.2) is 8.42 Å². The van der Waals surface area contributed by atoms with Crippen LogP contribution in [0, 0.1) is 20.8 Å². The van der Waals surface area contributed by atoms with Crippen LogP contribution < -0.4 is 5.32 Å². The van der Waals surface area contributed by atoms with E-state index in [4.69, 9.17) is 0 Å². The molecule has 0 atom stereocenters. The normalized spacial score (nSPS) is 15.5. The van der Waals surface area contributed by atoms with Gasteiger partial charge in [-0.3, -0.25) is 4.79 Å². The Bertz CT molecular complexity index is 961. The van der Waals surface area contributed by atoms with Crippen LogP contribution in [0.1, 0.15) is 46.3 Å². The van der Waals surface area contributed by atoms with Gasteiger partial charge in [-0.2, -0.15) is 4.31 Å². The Hall–Kier alpha value is -2.18. The summed E-state index contributed by atoms with van der Waals surface area (Å²) in [6.45, 7) is 6.72. The minimum Gasteiger partial charge on any atom is -0.322 e. The number of piperidine rings is 1. The maximum atomic E-state index is 13.0. The van der Waals surface area contributed by atoms with Crippen molar-refractivity contribution in [2.45, 2.75) is 44.9 Å². The Kier molecular flexibility index (Phi) is 5.67. The highest BCUT2D eigenvalue weighted by Crippen LogP contribution is 2.26. The molecule has 1 heterocycles. The largest absolute Gasteiger partial charge is 0.322 e. The number of hydrogen-bond donors (Lipinski definition) is 1. The standard InChI is InChI=1S/C21H26N2O3S/c1-15-7-8-16(2)19(13-15)21(24)22-18-10-9-17(3)20(14-18)27(25,26)23-11-5-4-6-12-23/h7-10,13-14H,4-6,11-12H2,1-3H3,(H,22,24). The van der Waals surface area contributed by atoms with E-state index in [0.717, 1.165) is 30.4 Å². The molecule has 1 N–H and O–H groups in total. The second-order valence-corrected chi connectivity index (χ2v) is 9.12. The van der Waals surface area contributed by atoms with E-state index >= 15 is 0 Å². The first-order chi connectivity index (χ1) is 12.8. The summed E-state index contributed by atoms with van der Waals surface area (Å²) in [4.78, 5) is 12.9. The summed E-state index contributed by atoms with van der Waals surface area (Å²) in [7, 11) is -3.55. The van der Waals surface area contributed by atoms with Crippen LogP contribution in [0.15, 0.2) is 41.3 Å². The number of rotatable bonds is 4. The van der Waals surface area contributed by atoms with Crippen molar-refractivity contribution in [1.82, 2.24) is 4.31 Å². The third-order valence-corrected chi connectivity index (χ3v) is 7.06. The molecule has 1 amide bonds. The monoisotopic (exact) mass is 386 g/mol. The number of aryl methyl sites for hydroxylation is 3. The van der Waals surface area contributed by atoms with Crippen LogP contribution in [0.5, 0.6) is 0 Å². The third kappa shape index (κ3) is 4.22. The van der Waals surface area contributed by atoms with Crippen LogP contribution in [0.25, 0.3) is 0 Å². The van der Waals surface area contributed by atoms with Crippen molar-refractivity contribution < 1.29 is 13.2 Å². The van der Waals surface area contributed by atoms with Crippen molar-refractivity contribution in [3.63, 3.8) is 0 Å². The van der Waals surface area contributed by atoms with Crippen LogP contribution >= 0.6 is 0 Å². The highest BCUT2D eigenvalue weighted by Gasteiger charge is 2.27. The molecule has 1 saturated heterocycles. The summed E-state index contributed by atoms with van der Waals surface area (Å²) in [5.74, 6) is -0.235. The number of benzene rings is 2. The van der Waals surface area contributed by atoms with E-state index in [1.54, 1.807) is 29.4 Å². The minimum atomic E-state index is -3.55. The Morgan fingerprint density at radius 3 is 2.30 bits per heavy atom. The molecule has 0 spiro atoms. The van der Waals surface area contributed by atoms with Crippen molar-refractivity contribution in [1.29, 1.82) is 0 Å². The molecule has 6 heteroatoms. The summed E-state index contributed by atoms with van der Waals surface area (Å²) in [5.41, 5.74) is 3.65. The van der Waals surface area contributed by atoms with Gasteiger partial charge in [-0.05, 0) is 62.9 Å². The van der Waals surface area contributed by atoms with Crippen LogP contribution in [-0.2, 0) is 10.0 Å². The average Bonchev–Trinajstić information content (AvgIpc) is 2.65. The topological polar surface area (TPSA) is 66.5 Å². The van der Waals surface area contributed by atoms with Gasteiger partial charge in [0.1, 0.15) is 0 Å². The Labute approximate surface area is 161 Å². The number of amides is 1. The molecule has 3 rings (SSSR count). The average molecular weight is 387 g/mol. The zero-order valence-electron chi connectivity index (χ0n) is 16.1. The molecule has 0 radical (unpaired) electrons. The Morgan fingerprint density at radius 2 is 1.59 bits per heavy atom. The number of sulfonamides is 1. The van der Waals surface area contributed by atoms with Gasteiger partial charge < -0.3 is 5.32 Å². The van der Waals surface area contributed by atoms with Crippen molar-refractivity contribution in [2.75, 3.05) is 18.4 Å². The van der Waals surface area contributed by atoms with Crippen molar-refractivity contribution in [2.24, 2.45) is 0 Å². The molecule has 0 unspecified atom stereocenters. The molecular formula is C21H26N2O3S. The number of carbonyl (C=O) groups excluding carboxylic acids is 1. The SMILES string of the molecule is Cc1ccc(C)c(C(=O)Nc2ccc(C)c(S(=O)(=O)N3CCCCC3)c2)c1. The summed E-state index contributed by atoms with van der Waals surface area (Å²) in [5, 5.41) is 2.85. The smallest absolute Gasteiger partial charge is 0.255 e. The van der Waals surface area contributed by atoms with E-state index in [2.05, 4.69) is 5.32 Å². The molecular weight excluding hydrogens is 360 g/mol. The lowest BCUT2D eigenvalue weighted by molar-refractivity contribution is 0.102. The van der Waals surface area contributed by atoms with E-state index in [1.165, 1.54) is 0 Å². The quantitative estimate of drug-likeness (QED) is 0.862. The summed E-state index contributed by atoms with van der Waals surface area (Å²) < 4.78 is 27.6. The molecule has 2 aromatic carbocycles. The summed E-state index contributed by atoms with van der Waals surface area (Å²) in [6, 6.07) is 10.8. The lowest BCUT2D eigenvalue weighted by Crippen LogP contribution is -2.36. The summed E-state index contributed by atoms with van der Waals surface area (Å²) >= 11 is 0. The molecule has 1 aliphatic heterocycles. The number of hydrogen-bond acceptors (Lipinski definition) is 3. The lowest BCUT2D eigenvalue weighted by Gasteiger charge is -2.26. The molecule has 0 aliphatic carbocycles. The van der Waals surface area contributed by atoms with Gasteiger partial charge in [0.2, 0.25) is 10.0 Å². The minimum absolute atomic E-state index is 0.235. The Balaban J connectivity index is 1.89. The van der Waals surface area contributed by atoms with Gasteiger partial charge >= 0.3 is 0 Å². The third-order valence-electron chi connectivity index (χ3n) is 5.02. The Morgan fingerprint density at radius 1 is 0.926 bits per heavy atom. The predicted octanol–water partition coefficient (Wildman–Crippen LogP) is 4.04. The van der Waals surface area contributed by atoms with Crippen LogP contribution in [0.4, 0.5) is 5.69 Å². The zero-order chi connectivity index (χ0) is 19.6. The van der Waals surface area contributed by atoms with E-state index in [-0.39, 0.29) is 10.8 Å². The predicted molar refractivity (Wildman–Crippen MR) is 108 cm³/mol. The van der Waals surface area contributed by atoms with Gasteiger partial charge in [0.15, 0.2) is 0 Å². The van der Waals surface area contributed by atoms with E-state index in [1.807, 2.05) is 32.0 Å². The van der Waals surface area contributed by atoms with E-state index in [9.17, 15) is 13.2 Å². The van der Waals surface area contributed by atoms with E-state index < -0.39 is 10.0 Å². The fourth-order valence-corrected chi connectivity index (χ4v) is 5.15. The summed E-state index contributed by atoms with van der Waals surface area (Å²) in [6.07, 6.45) is 2.85. The molecule has 2 aromatic rings. The first kappa shape index (κ1) is 19.6. The molecule has 27 heavy (non-hydrogen) atoms. The molecule has 0 bridgehead atoms. The zero-order valence-corrected chi connectivity index (χ0v) is 16.9. The number of carbonyl (C=O) groups is 1. The second-order valence-electron chi connectivity index (χ2n) is 7.22. The van der Waals surface area contributed by atoms with Gasteiger partial charge in [0.05, 0.1) is 4.90 Å². The van der Waals surface area contributed by atoms with Crippen LogP contribution in [-0.4, -0.2) is 31.7 Å². The van der Waals surface area contributed by atoms with Crippen molar-refractivity contribution in [3.05, 3.63) is 58.7 Å². The highest BCUT2D eigenvalue weighted by atomic mass is 32.2. The van der Waals surface area contributed by atoms with E-state index in [0.29, 0.717) is 29.9 Å². The van der Waals surface area contributed by atoms with Gasteiger partial charge in [0.25, 0.3) is 5.91 Å². The number of nitrogens with one attached hydrogen (secondary N) is 1. The molecule has 5 nitrogen and oxygen atoms in total. The van der Waals surface area contributed by atoms with Crippen LogP contribution in [0.2, 0.25) is 0 Å². The lowest BCUT2D eigenvalue weighted by atomic mass is 10.0. The maximum Gasteiger partial charge on any atom is 0.255 e. The first-order valence-corrected chi connectivity index (χ1v) is 10.7. The van der Waals surface area contributed by atoms with Gasteiger partial charge in [0, 0.05) is 24.3 Å². The fourth-order valence-electron chi connectivity index (χ4n) is 3.38. The van der Waals surface area contributed by atoms with Gasteiger partial charge in [-0.1, -0.05) is 30.2 Å². The fraction of sp³-hybridized carbons (Fsp3) is 0.381.